The van der Waals surface area contributed by atoms with Gasteiger partial charge in [-0.25, -0.2) is 4.98 Å². The zero-order chi connectivity index (χ0) is 21.6. The minimum absolute atomic E-state index is 0.163. The maximum Gasteiger partial charge on any atom is 0.247 e. The van der Waals surface area contributed by atoms with Crippen LogP contribution in [0.2, 0.25) is 0 Å². The molecular weight excluding hydrogens is 390 g/mol. The number of hydrogen-bond donors (Lipinski definition) is 2. The summed E-state index contributed by atoms with van der Waals surface area (Å²) in [5.41, 5.74) is 3.92. The Morgan fingerprint density at radius 1 is 1.00 bits per heavy atom. The molecule has 0 saturated heterocycles. The van der Waals surface area contributed by atoms with Gasteiger partial charge in [0.25, 0.3) is 0 Å². The first-order valence-corrected chi connectivity index (χ1v) is 10.1. The molecule has 0 bridgehead atoms. The van der Waals surface area contributed by atoms with Crippen LogP contribution in [0.3, 0.4) is 0 Å². The smallest absolute Gasteiger partial charge is 0.247 e. The average molecular weight is 416 g/mol. The number of rotatable bonds is 8. The maximum atomic E-state index is 13.1. The first-order valence-electron chi connectivity index (χ1n) is 10.1. The van der Waals surface area contributed by atoms with Crippen LogP contribution in [-0.2, 0) is 18.4 Å². The second-order valence-electron chi connectivity index (χ2n) is 7.40. The quantitative estimate of drug-likeness (QED) is 0.462. The number of nitrogens with one attached hydrogen (secondary N) is 2. The van der Waals surface area contributed by atoms with Gasteiger partial charge >= 0.3 is 0 Å². The monoisotopic (exact) mass is 415 g/mol. The third-order valence-corrected chi connectivity index (χ3v) is 4.90. The van der Waals surface area contributed by atoms with Gasteiger partial charge in [-0.1, -0.05) is 30.3 Å². The fourth-order valence-electron chi connectivity index (χ4n) is 3.33. The number of amides is 1. The molecule has 0 aliphatic carbocycles. The van der Waals surface area contributed by atoms with Crippen molar-refractivity contribution < 1.29 is 4.79 Å². The molecule has 1 amide bonds. The number of benzene rings is 1. The predicted molar refractivity (Wildman–Crippen MR) is 119 cm³/mol. The van der Waals surface area contributed by atoms with Crippen LogP contribution in [0.15, 0.2) is 73.4 Å². The van der Waals surface area contributed by atoms with Crippen molar-refractivity contribution in [1.82, 2.24) is 29.9 Å². The highest BCUT2D eigenvalue weighted by Crippen LogP contribution is 2.20. The van der Waals surface area contributed by atoms with Crippen LogP contribution < -0.4 is 10.6 Å². The molecule has 1 aromatic carbocycles. The first kappa shape index (κ1) is 20.5. The Balaban J connectivity index is 1.43. The molecule has 0 radical (unpaired) electrons. The van der Waals surface area contributed by atoms with Crippen LogP contribution in [0.4, 0.5) is 5.82 Å². The highest BCUT2D eigenvalue weighted by Gasteiger charge is 2.20. The molecule has 0 unspecified atom stereocenters. The molecule has 0 saturated carbocycles. The summed E-state index contributed by atoms with van der Waals surface area (Å²) >= 11 is 0. The Labute approximate surface area is 180 Å². The summed E-state index contributed by atoms with van der Waals surface area (Å²) in [4.78, 5) is 17.5. The molecule has 3 heterocycles. The van der Waals surface area contributed by atoms with Gasteiger partial charge in [0.05, 0.1) is 18.9 Å². The highest BCUT2D eigenvalue weighted by atomic mass is 16.2. The fraction of sp³-hybridized carbons (Fsp3) is 0.217. The third-order valence-electron chi connectivity index (χ3n) is 4.90. The highest BCUT2D eigenvalue weighted by molar-refractivity contribution is 5.94. The molecule has 0 aliphatic rings. The zero-order valence-corrected chi connectivity index (χ0v) is 17.6. The van der Waals surface area contributed by atoms with E-state index in [4.69, 9.17) is 0 Å². The van der Waals surface area contributed by atoms with Gasteiger partial charge in [-0.2, -0.15) is 10.2 Å². The number of nitrogens with zero attached hydrogens (tertiary/aromatic N) is 5. The predicted octanol–water partition coefficient (Wildman–Crippen LogP) is 2.96. The molecule has 1 atom stereocenters. The number of carbonyl (C=O) groups excluding carboxylic acids is 1. The van der Waals surface area contributed by atoms with E-state index >= 15 is 0 Å². The molecule has 2 N–H and O–H groups in total. The minimum Gasteiger partial charge on any atom is -0.309 e. The lowest BCUT2D eigenvalue weighted by molar-refractivity contribution is -0.118. The van der Waals surface area contributed by atoms with E-state index in [1.165, 1.54) is 0 Å². The summed E-state index contributed by atoms with van der Waals surface area (Å²) in [6.07, 6.45) is 9.24. The zero-order valence-electron chi connectivity index (χ0n) is 17.6. The standard InChI is InChI=1S/C23H25N7O/c1-17-12-27-30(15-17)11-10-24-22(18-6-4-3-5-7-18)23(31)28-21-9-8-19(13-25-21)20-14-26-29(2)16-20/h3-9,12-16,22,24H,10-11H2,1-2H3,(H,25,28,31)/t22-/m0/s1. The van der Waals surface area contributed by atoms with E-state index in [-0.39, 0.29) is 5.91 Å². The summed E-state index contributed by atoms with van der Waals surface area (Å²) in [5.74, 6) is 0.340. The van der Waals surface area contributed by atoms with Gasteiger partial charge in [0.1, 0.15) is 11.9 Å². The van der Waals surface area contributed by atoms with Crippen LogP contribution in [0.1, 0.15) is 17.2 Å². The number of hydrogen-bond acceptors (Lipinski definition) is 5. The van der Waals surface area contributed by atoms with Crippen molar-refractivity contribution in [2.45, 2.75) is 19.5 Å². The summed E-state index contributed by atoms with van der Waals surface area (Å²) in [6.45, 7) is 3.27. The Kier molecular flexibility index (Phi) is 6.18. The van der Waals surface area contributed by atoms with Crippen LogP contribution in [-0.4, -0.2) is 37.0 Å². The lowest BCUT2D eigenvalue weighted by Gasteiger charge is -2.19. The molecule has 0 spiro atoms. The number of pyridine rings is 1. The fourth-order valence-corrected chi connectivity index (χ4v) is 3.33. The second-order valence-corrected chi connectivity index (χ2v) is 7.40. The van der Waals surface area contributed by atoms with Gasteiger partial charge < -0.3 is 10.6 Å². The number of aryl methyl sites for hydroxylation is 2. The lowest BCUT2D eigenvalue weighted by atomic mass is 10.1. The Morgan fingerprint density at radius 3 is 2.48 bits per heavy atom. The molecule has 0 aliphatic heterocycles. The van der Waals surface area contributed by atoms with Gasteiger partial charge in [0.2, 0.25) is 5.91 Å². The van der Waals surface area contributed by atoms with Gasteiger partial charge in [-0.3, -0.25) is 14.2 Å². The summed E-state index contributed by atoms with van der Waals surface area (Å²) in [7, 11) is 1.87. The summed E-state index contributed by atoms with van der Waals surface area (Å²) in [6, 6.07) is 12.9. The van der Waals surface area contributed by atoms with Crippen molar-refractivity contribution in [2.24, 2.45) is 7.05 Å². The van der Waals surface area contributed by atoms with Crippen molar-refractivity contribution in [3.05, 3.63) is 84.6 Å². The van der Waals surface area contributed by atoms with E-state index < -0.39 is 6.04 Å². The van der Waals surface area contributed by atoms with Crippen LogP contribution >= 0.6 is 0 Å². The topological polar surface area (TPSA) is 89.7 Å². The molecule has 4 rings (SSSR count). The largest absolute Gasteiger partial charge is 0.309 e. The van der Waals surface area contributed by atoms with Crippen LogP contribution in [0.25, 0.3) is 11.1 Å². The maximum absolute atomic E-state index is 13.1. The van der Waals surface area contributed by atoms with E-state index in [1.54, 1.807) is 23.1 Å². The molecule has 3 aromatic heterocycles. The number of anilines is 1. The van der Waals surface area contributed by atoms with Crippen molar-refractivity contribution in [2.75, 3.05) is 11.9 Å². The molecule has 8 nitrogen and oxygen atoms in total. The molecule has 8 heteroatoms. The SMILES string of the molecule is Cc1cnn(CCN[C@H](C(=O)Nc2ccc(-c3cnn(C)c3)cn2)c2ccccc2)c1. The van der Waals surface area contributed by atoms with Gasteiger partial charge in [0.15, 0.2) is 0 Å². The molecular formula is C23H25N7O. The number of carbonyl (C=O) groups is 1. The van der Waals surface area contributed by atoms with Crippen molar-refractivity contribution in [3.8, 4) is 11.1 Å². The summed E-state index contributed by atoms with van der Waals surface area (Å²) < 4.78 is 3.60. The normalized spacial score (nSPS) is 11.9. The van der Waals surface area contributed by atoms with E-state index in [0.717, 1.165) is 22.3 Å². The lowest BCUT2D eigenvalue weighted by Crippen LogP contribution is -2.35. The second kappa shape index (κ2) is 9.36. The molecule has 4 aromatic rings. The van der Waals surface area contributed by atoms with Crippen molar-refractivity contribution in [1.29, 1.82) is 0 Å². The van der Waals surface area contributed by atoms with E-state index in [1.807, 2.05) is 73.6 Å². The van der Waals surface area contributed by atoms with E-state index in [0.29, 0.717) is 18.9 Å². The molecule has 0 fully saturated rings. The third kappa shape index (κ3) is 5.23. The average Bonchev–Trinajstić information content (AvgIpc) is 3.40. The van der Waals surface area contributed by atoms with Crippen LogP contribution in [0, 0.1) is 6.92 Å². The van der Waals surface area contributed by atoms with Gasteiger partial charge in [-0.15, -0.1) is 0 Å². The Morgan fingerprint density at radius 2 is 1.84 bits per heavy atom. The number of aromatic nitrogens is 5. The molecule has 31 heavy (non-hydrogen) atoms. The van der Waals surface area contributed by atoms with Crippen molar-refractivity contribution >= 4 is 11.7 Å². The van der Waals surface area contributed by atoms with Gasteiger partial charge in [0, 0.05) is 43.3 Å². The van der Waals surface area contributed by atoms with Crippen LogP contribution in [0.5, 0.6) is 0 Å². The minimum atomic E-state index is -0.502. The van der Waals surface area contributed by atoms with E-state index in [2.05, 4.69) is 25.8 Å². The first-order chi connectivity index (χ1) is 15.1. The molecule has 158 valence electrons. The Hall–Kier alpha value is -3.78. The Bertz CT molecular complexity index is 1130. The van der Waals surface area contributed by atoms with Gasteiger partial charge in [-0.05, 0) is 30.2 Å². The summed E-state index contributed by atoms with van der Waals surface area (Å²) in [5, 5.41) is 14.7. The van der Waals surface area contributed by atoms with E-state index in [9.17, 15) is 4.79 Å². The van der Waals surface area contributed by atoms with Crippen molar-refractivity contribution in [3.63, 3.8) is 0 Å².